The summed E-state index contributed by atoms with van der Waals surface area (Å²) >= 11 is 1.49. The molecule has 0 bridgehead atoms. The first-order valence-electron chi connectivity index (χ1n) is 13.1. The van der Waals surface area contributed by atoms with E-state index in [-0.39, 0.29) is 24.3 Å². The standard InChI is InChI=1S/C30H33N3O3S/c1-2-36-24-13-8-12-23(19-24)33(28(34)18-21-20-31-26-15-7-6-14-25(21)26)29(27-16-9-17-37-27)30(35)32-22-10-4-3-5-11-22/h6-9,12-17,19-20,22,29,31H,2-5,10-11,18H2,1H3,(H,32,35)/t29-/m0/s1. The smallest absolute Gasteiger partial charge is 0.248 e. The van der Waals surface area contributed by atoms with Crippen LogP contribution < -0.4 is 15.0 Å². The Kier molecular flexibility index (Phi) is 7.90. The molecule has 1 aliphatic rings. The van der Waals surface area contributed by atoms with E-state index in [1.54, 1.807) is 4.90 Å². The Labute approximate surface area is 221 Å². The fourth-order valence-electron chi connectivity index (χ4n) is 5.20. The molecular formula is C30H33N3O3S. The molecule has 0 aliphatic heterocycles. The van der Waals surface area contributed by atoms with Gasteiger partial charge in [-0.2, -0.15) is 0 Å². The molecule has 0 radical (unpaired) electrons. The Morgan fingerprint density at radius 3 is 2.70 bits per heavy atom. The molecule has 2 heterocycles. The minimum atomic E-state index is -0.767. The van der Waals surface area contributed by atoms with Crippen molar-refractivity contribution < 1.29 is 14.3 Å². The summed E-state index contributed by atoms with van der Waals surface area (Å²) in [6, 6.07) is 18.7. The van der Waals surface area contributed by atoms with Gasteiger partial charge in [0.1, 0.15) is 11.8 Å². The minimum absolute atomic E-state index is 0.136. The first-order valence-corrected chi connectivity index (χ1v) is 14.0. The molecule has 1 aliphatic carbocycles. The highest BCUT2D eigenvalue weighted by Gasteiger charge is 2.35. The molecule has 0 saturated heterocycles. The van der Waals surface area contributed by atoms with Crippen LogP contribution >= 0.6 is 11.3 Å². The number of carbonyl (C=O) groups is 2. The normalized spacial score (nSPS) is 14.8. The lowest BCUT2D eigenvalue weighted by molar-refractivity contribution is -0.127. The van der Waals surface area contributed by atoms with E-state index in [1.165, 1.54) is 17.8 Å². The van der Waals surface area contributed by atoms with Gasteiger partial charge in [-0.15, -0.1) is 11.3 Å². The molecule has 5 rings (SSSR count). The van der Waals surface area contributed by atoms with Crippen LogP contribution in [0.15, 0.2) is 72.2 Å². The number of H-pyrrole nitrogens is 1. The number of carbonyl (C=O) groups excluding carboxylic acids is 2. The number of nitrogens with zero attached hydrogens (tertiary/aromatic N) is 1. The van der Waals surface area contributed by atoms with Crippen molar-refractivity contribution in [2.24, 2.45) is 0 Å². The molecule has 1 atom stereocenters. The number of hydrogen-bond donors (Lipinski definition) is 2. The van der Waals surface area contributed by atoms with E-state index in [1.807, 2.05) is 79.2 Å². The predicted octanol–water partition coefficient (Wildman–Crippen LogP) is 6.39. The molecule has 0 unspecified atom stereocenters. The summed E-state index contributed by atoms with van der Waals surface area (Å²) in [4.78, 5) is 33.8. The zero-order valence-electron chi connectivity index (χ0n) is 21.1. The van der Waals surface area contributed by atoms with Crippen LogP contribution in [0.1, 0.15) is 55.5 Å². The van der Waals surface area contributed by atoms with Crippen molar-refractivity contribution >= 4 is 39.7 Å². The van der Waals surface area contributed by atoms with Crippen LogP contribution in [0.4, 0.5) is 5.69 Å². The summed E-state index contributed by atoms with van der Waals surface area (Å²) in [6.45, 7) is 2.45. The van der Waals surface area contributed by atoms with Gasteiger partial charge in [0.05, 0.1) is 13.0 Å². The third-order valence-electron chi connectivity index (χ3n) is 6.96. The van der Waals surface area contributed by atoms with Gasteiger partial charge >= 0.3 is 0 Å². The van der Waals surface area contributed by atoms with Crippen LogP contribution in [-0.4, -0.2) is 29.4 Å². The zero-order chi connectivity index (χ0) is 25.6. The number of para-hydroxylation sites is 1. The largest absolute Gasteiger partial charge is 0.494 e. The Morgan fingerprint density at radius 2 is 1.92 bits per heavy atom. The Balaban J connectivity index is 1.54. The molecule has 192 valence electrons. The monoisotopic (exact) mass is 515 g/mol. The number of hydrogen-bond acceptors (Lipinski definition) is 4. The minimum Gasteiger partial charge on any atom is -0.494 e. The average molecular weight is 516 g/mol. The van der Waals surface area contributed by atoms with Crippen molar-refractivity contribution in [3.05, 3.63) is 82.7 Å². The van der Waals surface area contributed by atoms with Gasteiger partial charge in [-0.3, -0.25) is 14.5 Å². The summed E-state index contributed by atoms with van der Waals surface area (Å²) in [5.74, 6) is 0.390. The van der Waals surface area contributed by atoms with Crippen LogP contribution in [0.2, 0.25) is 0 Å². The second kappa shape index (κ2) is 11.6. The number of amides is 2. The molecule has 37 heavy (non-hydrogen) atoms. The fourth-order valence-corrected chi connectivity index (χ4v) is 6.01. The third-order valence-corrected chi connectivity index (χ3v) is 7.89. The van der Waals surface area contributed by atoms with Gasteiger partial charge in [0.25, 0.3) is 0 Å². The van der Waals surface area contributed by atoms with Gasteiger partial charge in [-0.25, -0.2) is 0 Å². The summed E-state index contributed by atoms with van der Waals surface area (Å²) in [5.41, 5.74) is 2.54. The number of benzene rings is 2. The van der Waals surface area contributed by atoms with Crippen LogP contribution in [0.5, 0.6) is 5.75 Å². The van der Waals surface area contributed by atoms with E-state index >= 15 is 0 Å². The maximum atomic E-state index is 14.2. The molecule has 2 amide bonds. The van der Waals surface area contributed by atoms with E-state index in [0.29, 0.717) is 18.0 Å². The predicted molar refractivity (Wildman–Crippen MR) is 149 cm³/mol. The molecular weight excluding hydrogens is 482 g/mol. The van der Waals surface area contributed by atoms with Crippen LogP contribution in [0.3, 0.4) is 0 Å². The number of ether oxygens (including phenoxy) is 1. The Hall–Kier alpha value is -3.58. The summed E-state index contributed by atoms with van der Waals surface area (Å²) in [7, 11) is 0. The molecule has 4 aromatic rings. The van der Waals surface area contributed by atoms with E-state index in [9.17, 15) is 9.59 Å². The summed E-state index contributed by atoms with van der Waals surface area (Å²) < 4.78 is 5.75. The first kappa shape index (κ1) is 25.1. The zero-order valence-corrected chi connectivity index (χ0v) is 21.9. The topological polar surface area (TPSA) is 74.4 Å². The molecule has 2 aromatic carbocycles. The van der Waals surface area contributed by atoms with E-state index < -0.39 is 6.04 Å². The number of rotatable bonds is 9. The van der Waals surface area contributed by atoms with Gasteiger partial charge in [0.15, 0.2) is 0 Å². The second-order valence-electron chi connectivity index (χ2n) is 9.49. The molecule has 7 heteroatoms. The van der Waals surface area contributed by atoms with E-state index in [2.05, 4.69) is 10.3 Å². The van der Waals surface area contributed by atoms with E-state index in [4.69, 9.17) is 4.74 Å². The van der Waals surface area contributed by atoms with Crippen LogP contribution in [0.25, 0.3) is 10.9 Å². The highest BCUT2D eigenvalue weighted by atomic mass is 32.1. The van der Waals surface area contributed by atoms with Gasteiger partial charge in [0.2, 0.25) is 11.8 Å². The number of fused-ring (bicyclic) bond motifs is 1. The Bertz CT molecular complexity index is 1340. The second-order valence-corrected chi connectivity index (χ2v) is 10.5. The lowest BCUT2D eigenvalue weighted by atomic mass is 9.95. The van der Waals surface area contributed by atoms with Gasteiger partial charge in [0, 0.05) is 39.8 Å². The quantitative estimate of drug-likeness (QED) is 0.271. The molecule has 2 N–H and O–H groups in total. The first-order chi connectivity index (χ1) is 18.1. The highest BCUT2D eigenvalue weighted by molar-refractivity contribution is 7.10. The van der Waals surface area contributed by atoms with Crippen molar-refractivity contribution in [2.75, 3.05) is 11.5 Å². The van der Waals surface area contributed by atoms with Crippen molar-refractivity contribution in [3.63, 3.8) is 0 Å². The molecule has 1 fully saturated rings. The van der Waals surface area contributed by atoms with Crippen molar-refractivity contribution in [2.45, 2.75) is 57.5 Å². The van der Waals surface area contributed by atoms with Crippen LogP contribution in [-0.2, 0) is 16.0 Å². The van der Waals surface area contributed by atoms with E-state index in [0.717, 1.165) is 47.0 Å². The van der Waals surface area contributed by atoms with Crippen molar-refractivity contribution in [3.8, 4) is 5.75 Å². The maximum absolute atomic E-state index is 14.2. The summed E-state index contributed by atoms with van der Waals surface area (Å²) in [5, 5.41) is 6.24. The number of aromatic amines is 1. The van der Waals surface area contributed by atoms with Crippen molar-refractivity contribution in [1.82, 2.24) is 10.3 Å². The third kappa shape index (κ3) is 5.72. The summed E-state index contributed by atoms with van der Waals surface area (Å²) in [6.07, 6.45) is 7.46. The highest BCUT2D eigenvalue weighted by Crippen LogP contribution is 2.34. The molecule has 1 saturated carbocycles. The number of anilines is 1. The maximum Gasteiger partial charge on any atom is 0.248 e. The molecule has 6 nitrogen and oxygen atoms in total. The molecule has 0 spiro atoms. The number of thiophene rings is 1. The number of aromatic nitrogens is 1. The van der Waals surface area contributed by atoms with Gasteiger partial charge < -0.3 is 15.0 Å². The van der Waals surface area contributed by atoms with Gasteiger partial charge in [-0.1, -0.05) is 49.6 Å². The number of nitrogens with one attached hydrogen (secondary N) is 2. The SMILES string of the molecule is CCOc1cccc(N(C(=O)Cc2c[nH]c3ccccc23)[C@H](C(=O)NC2CCCCC2)c2cccs2)c1. The lowest BCUT2D eigenvalue weighted by Crippen LogP contribution is -2.47. The van der Waals surface area contributed by atoms with Gasteiger partial charge in [-0.05, 0) is 55.0 Å². The average Bonchev–Trinajstić information content (AvgIpc) is 3.59. The fraction of sp³-hybridized carbons (Fsp3) is 0.333. The Morgan fingerprint density at radius 1 is 1.08 bits per heavy atom. The van der Waals surface area contributed by atoms with Crippen molar-refractivity contribution in [1.29, 1.82) is 0 Å². The van der Waals surface area contributed by atoms with Crippen LogP contribution in [0, 0.1) is 0 Å². The lowest BCUT2D eigenvalue weighted by Gasteiger charge is -2.33. The molecule has 2 aromatic heterocycles.